The van der Waals surface area contributed by atoms with Gasteiger partial charge in [-0.05, 0) is 55.0 Å². The molecule has 9 nitrogen and oxygen atoms in total. The van der Waals surface area contributed by atoms with Crippen LogP contribution in [0, 0.1) is 5.92 Å². The molecule has 3 fully saturated rings. The number of morpholine rings is 1. The summed E-state index contributed by atoms with van der Waals surface area (Å²) in [6.07, 6.45) is 5.25. The predicted octanol–water partition coefficient (Wildman–Crippen LogP) is 2.04. The molecule has 36 heavy (non-hydrogen) atoms. The molecule has 4 heterocycles. The zero-order valence-corrected chi connectivity index (χ0v) is 21.2. The minimum Gasteiger partial charge on any atom is -0.366 e. The van der Waals surface area contributed by atoms with Crippen molar-refractivity contribution in [3.8, 4) is 0 Å². The Labute approximate surface area is 211 Å². The number of piperidine rings is 2. The van der Waals surface area contributed by atoms with Crippen LogP contribution in [0.1, 0.15) is 36.4 Å². The molecule has 10 heteroatoms. The summed E-state index contributed by atoms with van der Waals surface area (Å²) in [5.41, 5.74) is 1.83. The second-order valence-electron chi connectivity index (χ2n) is 9.94. The number of aromatic nitrogens is 1. The number of carbonyl (C=O) groups excluding carboxylic acids is 2. The number of likely N-dealkylation sites (tertiary alicyclic amines) is 2. The molecule has 0 unspecified atom stereocenters. The summed E-state index contributed by atoms with van der Waals surface area (Å²) in [6.45, 7) is 2.40. The molecule has 192 valence electrons. The number of fused-ring (bicyclic) bond motifs is 1. The Balaban J connectivity index is 1.29. The average Bonchev–Trinajstić information content (AvgIpc) is 2.89. The van der Waals surface area contributed by atoms with E-state index in [9.17, 15) is 18.0 Å². The number of carbonyl (C=O) groups is 2. The third kappa shape index (κ3) is 5.24. The quantitative estimate of drug-likeness (QED) is 0.672. The number of rotatable bonds is 4. The number of benzene rings is 1. The van der Waals surface area contributed by atoms with Crippen LogP contribution >= 0.6 is 0 Å². The molecule has 0 spiro atoms. The van der Waals surface area contributed by atoms with Gasteiger partial charge in [0.1, 0.15) is 6.61 Å². The minimum atomic E-state index is -3.33. The third-order valence-electron chi connectivity index (χ3n) is 7.53. The van der Waals surface area contributed by atoms with E-state index in [4.69, 9.17) is 4.74 Å². The summed E-state index contributed by atoms with van der Waals surface area (Å²) >= 11 is 0. The second kappa shape index (κ2) is 10.2. The topological polar surface area (TPSA) is 109 Å². The van der Waals surface area contributed by atoms with Crippen LogP contribution in [0.3, 0.4) is 0 Å². The molecule has 3 aliphatic rings. The third-order valence-corrected chi connectivity index (χ3v) is 8.64. The number of urea groups is 1. The molecule has 0 radical (unpaired) electrons. The van der Waals surface area contributed by atoms with Crippen molar-refractivity contribution >= 4 is 21.8 Å². The van der Waals surface area contributed by atoms with Crippen LogP contribution in [0.5, 0.6) is 0 Å². The number of sulfone groups is 1. The van der Waals surface area contributed by atoms with E-state index in [0.717, 1.165) is 24.1 Å². The van der Waals surface area contributed by atoms with Crippen molar-refractivity contribution in [3.63, 3.8) is 0 Å². The summed E-state index contributed by atoms with van der Waals surface area (Å²) in [6, 6.07) is 12.8. The normalized spacial score (nSPS) is 24.1. The highest BCUT2D eigenvalue weighted by molar-refractivity contribution is 7.90. The first kappa shape index (κ1) is 24.7. The van der Waals surface area contributed by atoms with Crippen LogP contribution in [-0.4, -0.2) is 86.3 Å². The molecule has 0 aliphatic carbocycles. The first-order chi connectivity index (χ1) is 17.3. The molecule has 1 aromatic heterocycles. The van der Waals surface area contributed by atoms with Gasteiger partial charge in [0, 0.05) is 50.2 Å². The number of nitrogens with zero attached hydrogens (tertiary/aromatic N) is 3. The van der Waals surface area contributed by atoms with Crippen molar-refractivity contribution in [1.29, 1.82) is 0 Å². The van der Waals surface area contributed by atoms with Gasteiger partial charge in [-0.15, -0.1) is 0 Å². The molecule has 1 N–H and O–H groups in total. The second-order valence-corrected chi connectivity index (χ2v) is 12.0. The van der Waals surface area contributed by atoms with Crippen LogP contribution < -0.4 is 5.32 Å². The molecule has 3 atom stereocenters. The van der Waals surface area contributed by atoms with Crippen LogP contribution in [0.4, 0.5) is 4.79 Å². The highest BCUT2D eigenvalue weighted by Crippen LogP contribution is 2.38. The average molecular weight is 513 g/mol. The standard InChI is InChI=1S/C26H32N4O5S/c1-36(33,34)20-6-4-5-19(15-20)25(21-7-2-3-11-27-21)18-8-12-29(13-9-18)26(32)30-14-10-23-22(16-30)28-24(31)17-35-23/h2-7,11,15,18,22-23,25H,8-10,12-14,16-17H2,1H3,(H,28,31)/t22-,23+,25+/m1/s1. The summed E-state index contributed by atoms with van der Waals surface area (Å²) in [7, 11) is -3.33. The Bertz CT molecular complexity index is 1210. The van der Waals surface area contributed by atoms with Gasteiger partial charge in [0.25, 0.3) is 0 Å². The van der Waals surface area contributed by atoms with E-state index in [2.05, 4.69) is 10.3 Å². The number of hydrogen-bond acceptors (Lipinski definition) is 6. The SMILES string of the molecule is CS(=O)(=O)c1cccc([C@@H](c2ccccn2)C2CCN(C(=O)N3CC[C@@H]4OCC(=O)N[C@@H]4C3)CC2)c1. The van der Waals surface area contributed by atoms with Gasteiger partial charge >= 0.3 is 6.03 Å². The maximum Gasteiger partial charge on any atom is 0.320 e. The molecule has 2 aromatic rings. The molecule has 1 aromatic carbocycles. The molecular weight excluding hydrogens is 480 g/mol. The predicted molar refractivity (Wildman–Crippen MR) is 133 cm³/mol. The van der Waals surface area contributed by atoms with E-state index in [1.165, 1.54) is 6.26 Å². The van der Waals surface area contributed by atoms with Gasteiger partial charge in [-0.25, -0.2) is 13.2 Å². The number of ether oxygens (including phenoxy) is 1. The summed E-state index contributed by atoms with van der Waals surface area (Å²) in [4.78, 5) is 33.6. The summed E-state index contributed by atoms with van der Waals surface area (Å²) in [5.74, 6) is 0.0258. The molecule has 3 aliphatic heterocycles. The Kier molecular flexibility index (Phi) is 6.98. The zero-order valence-electron chi connectivity index (χ0n) is 20.4. The van der Waals surface area contributed by atoms with E-state index >= 15 is 0 Å². The smallest absolute Gasteiger partial charge is 0.320 e. The van der Waals surface area contributed by atoms with E-state index in [0.29, 0.717) is 37.5 Å². The van der Waals surface area contributed by atoms with E-state index in [1.54, 1.807) is 24.4 Å². The largest absolute Gasteiger partial charge is 0.366 e. The van der Waals surface area contributed by atoms with Gasteiger partial charge < -0.3 is 19.9 Å². The van der Waals surface area contributed by atoms with Crippen molar-refractivity contribution in [1.82, 2.24) is 20.1 Å². The van der Waals surface area contributed by atoms with Crippen molar-refractivity contribution in [2.24, 2.45) is 5.92 Å². The van der Waals surface area contributed by atoms with Crippen molar-refractivity contribution < 1.29 is 22.7 Å². The number of pyridine rings is 1. The summed E-state index contributed by atoms with van der Waals surface area (Å²) < 4.78 is 30.0. The van der Waals surface area contributed by atoms with Crippen molar-refractivity contribution in [3.05, 3.63) is 59.9 Å². The van der Waals surface area contributed by atoms with Crippen molar-refractivity contribution in [2.45, 2.75) is 42.2 Å². The van der Waals surface area contributed by atoms with Gasteiger partial charge in [-0.2, -0.15) is 0 Å². The Morgan fingerprint density at radius 2 is 1.86 bits per heavy atom. The molecule has 3 amide bonds. The molecule has 0 bridgehead atoms. The maximum absolute atomic E-state index is 13.3. The Morgan fingerprint density at radius 3 is 2.58 bits per heavy atom. The van der Waals surface area contributed by atoms with Crippen LogP contribution in [-0.2, 0) is 19.4 Å². The minimum absolute atomic E-state index is 0.000169. The van der Waals surface area contributed by atoms with E-state index < -0.39 is 9.84 Å². The molecule has 0 saturated carbocycles. The molecule has 3 saturated heterocycles. The van der Waals surface area contributed by atoms with Gasteiger partial charge in [0.15, 0.2) is 9.84 Å². The fourth-order valence-electron chi connectivity index (χ4n) is 5.68. The highest BCUT2D eigenvalue weighted by Gasteiger charge is 2.39. The zero-order chi connectivity index (χ0) is 25.3. The van der Waals surface area contributed by atoms with Crippen LogP contribution in [0.15, 0.2) is 53.6 Å². The van der Waals surface area contributed by atoms with Gasteiger partial charge in [-0.1, -0.05) is 18.2 Å². The fraction of sp³-hybridized carbons (Fsp3) is 0.500. The van der Waals surface area contributed by atoms with E-state index in [-0.39, 0.29) is 42.5 Å². The first-order valence-electron chi connectivity index (χ1n) is 12.5. The lowest BCUT2D eigenvalue weighted by Gasteiger charge is -2.44. The Morgan fingerprint density at radius 1 is 1.08 bits per heavy atom. The first-order valence-corrected chi connectivity index (χ1v) is 14.3. The lowest BCUT2D eigenvalue weighted by molar-refractivity contribution is -0.139. The van der Waals surface area contributed by atoms with Gasteiger partial charge in [0.2, 0.25) is 5.91 Å². The highest BCUT2D eigenvalue weighted by atomic mass is 32.2. The fourth-order valence-corrected chi connectivity index (χ4v) is 6.36. The van der Waals surface area contributed by atoms with Gasteiger partial charge in [0.05, 0.1) is 17.0 Å². The number of nitrogens with one attached hydrogen (secondary N) is 1. The lowest BCUT2D eigenvalue weighted by Crippen LogP contribution is -2.62. The number of amides is 3. The Hall–Kier alpha value is -2.98. The van der Waals surface area contributed by atoms with Crippen molar-refractivity contribution in [2.75, 3.05) is 39.0 Å². The monoisotopic (exact) mass is 512 g/mol. The van der Waals surface area contributed by atoms with Gasteiger partial charge in [-0.3, -0.25) is 9.78 Å². The van der Waals surface area contributed by atoms with E-state index in [1.807, 2.05) is 34.1 Å². The molecule has 5 rings (SSSR count). The molecular formula is C26H32N4O5S. The maximum atomic E-state index is 13.3. The lowest BCUT2D eigenvalue weighted by atomic mass is 9.78. The van der Waals surface area contributed by atoms with Crippen LogP contribution in [0.2, 0.25) is 0 Å². The summed E-state index contributed by atoms with van der Waals surface area (Å²) in [5, 5.41) is 2.95. The number of hydrogen-bond donors (Lipinski definition) is 1. The van der Waals surface area contributed by atoms with Crippen LogP contribution in [0.25, 0.3) is 0 Å².